The van der Waals surface area contributed by atoms with Gasteiger partial charge in [0.2, 0.25) is 0 Å². The van der Waals surface area contributed by atoms with Gasteiger partial charge in [0.15, 0.2) is 5.69 Å². The van der Waals surface area contributed by atoms with E-state index in [0.717, 1.165) is 12.1 Å². The van der Waals surface area contributed by atoms with E-state index in [9.17, 15) is 31.1 Å². The third kappa shape index (κ3) is 4.42. The number of alkyl halides is 6. The first-order chi connectivity index (χ1) is 15.4. The van der Waals surface area contributed by atoms with E-state index in [1.54, 1.807) is 6.07 Å². The molecule has 0 bridgehead atoms. The highest BCUT2D eigenvalue weighted by atomic mass is 19.4. The van der Waals surface area contributed by atoms with E-state index in [4.69, 9.17) is 5.11 Å². The third-order valence-electron chi connectivity index (χ3n) is 4.55. The molecule has 4 rings (SSSR count). The molecular weight excluding hydrogens is 456 g/mol. The maximum atomic E-state index is 13.2. The molecule has 33 heavy (non-hydrogen) atoms. The van der Waals surface area contributed by atoms with Crippen molar-refractivity contribution in [3.8, 4) is 22.6 Å². The number of nitrogens with zero attached hydrogens (tertiary/aromatic N) is 5. The van der Waals surface area contributed by atoms with Crippen LogP contribution in [0.5, 0.6) is 0 Å². The van der Waals surface area contributed by atoms with Crippen LogP contribution in [-0.2, 0) is 12.4 Å². The fourth-order valence-corrected chi connectivity index (χ4v) is 3.00. The summed E-state index contributed by atoms with van der Waals surface area (Å²) in [7, 11) is 0. The van der Waals surface area contributed by atoms with Gasteiger partial charge >= 0.3 is 18.3 Å². The van der Waals surface area contributed by atoms with Crippen molar-refractivity contribution in [2.45, 2.75) is 12.4 Å². The lowest BCUT2D eigenvalue weighted by molar-refractivity contribution is -0.143. The SMILES string of the molecule is O=C(O)c1cccc(-c2cn(-c3ccc(-n4nc(C(F)(F)F)cc4C(F)(F)F)cc3)nn2)c1. The first-order valence-electron chi connectivity index (χ1n) is 9.05. The molecule has 13 heteroatoms. The second-order valence-electron chi connectivity index (χ2n) is 6.77. The van der Waals surface area contributed by atoms with Crippen LogP contribution in [0.2, 0.25) is 0 Å². The monoisotopic (exact) mass is 467 g/mol. The normalized spacial score (nSPS) is 12.2. The van der Waals surface area contributed by atoms with Crippen molar-refractivity contribution in [1.82, 2.24) is 24.8 Å². The Kier molecular flexibility index (Phi) is 5.18. The van der Waals surface area contributed by atoms with Crippen LogP contribution >= 0.6 is 0 Å². The van der Waals surface area contributed by atoms with E-state index in [0.29, 0.717) is 16.9 Å². The summed E-state index contributed by atoms with van der Waals surface area (Å²) in [6.07, 6.45) is -8.63. The highest BCUT2D eigenvalue weighted by Gasteiger charge is 2.42. The van der Waals surface area contributed by atoms with Gasteiger partial charge in [-0.15, -0.1) is 5.10 Å². The lowest BCUT2D eigenvalue weighted by Crippen LogP contribution is -2.13. The molecule has 0 saturated carbocycles. The zero-order valence-electron chi connectivity index (χ0n) is 16.1. The molecule has 0 radical (unpaired) electrons. The van der Waals surface area contributed by atoms with Gasteiger partial charge in [0.05, 0.1) is 23.1 Å². The van der Waals surface area contributed by atoms with E-state index in [2.05, 4.69) is 15.4 Å². The van der Waals surface area contributed by atoms with Gasteiger partial charge in [-0.05, 0) is 36.4 Å². The summed E-state index contributed by atoms with van der Waals surface area (Å²) < 4.78 is 79.8. The molecule has 0 atom stereocenters. The topological polar surface area (TPSA) is 85.8 Å². The van der Waals surface area contributed by atoms with Crippen molar-refractivity contribution in [3.05, 3.63) is 77.7 Å². The molecule has 0 aliphatic carbocycles. The molecule has 0 spiro atoms. The van der Waals surface area contributed by atoms with Crippen molar-refractivity contribution in [1.29, 1.82) is 0 Å². The minimum atomic E-state index is -5.06. The molecule has 0 amide bonds. The highest BCUT2D eigenvalue weighted by Crippen LogP contribution is 2.36. The van der Waals surface area contributed by atoms with Crippen LogP contribution in [0, 0.1) is 0 Å². The van der Waals surface area contributed by atoms with Crippen LogP contribution in [0.1, 0.15) is 21.7 Å². The van der Waals surface area contributed by atoms with Crippen molar-refractivity contribution in [3.63, 3.8) is 0 Å². The fraction of sp³-hybridized carbons (Fsp3) is 0.100. The molecule has 0 saturated heterocycles. The van der Waals surface area contributed by atoms with Gasteiger partial charge in [-0.3, -0.25) is 0 Å². The number of aromatic nitrogens is 5. The number of rotatable bonds is 4. The van der Waals surface area contributed by atoms with Gasteiger partial charge < -0.3 is 5.11 Å². The Morgan fingerprint density at radius 3 is 2.15 bits per heavy atom. The molecule has 170 valence electrons. The van der Waals surface area contributed by atoms with Crippen LogP contribution in [-0.4, -0.2) is 35.9 Å². The summed E-state index contributed by atoms with van der Waals surface area (Å²) in [6.45, 7) is 0. The summed E-state index contributed by atoms with van der Waals surface area (Å²) >= 11 is 0. The summed E-state index contributed by atoms with van der Waals surface area (Å²) in [6, 6.07) is 10.9. The number of benzene rings is 2. The van der Waals surface area contributed by atoms with Crippen molar-refractivity contribution in [2.24, 2.45) is 0 Å². The third-order valence-corrected chi connectivity index (χ3v) is 4.55. The summed E-state index contributed by atoms with van der Waals surface area (Å²) in [5.74, 6) is -1.12. The molecule has 0 aliphatic heterocycles. The number of hydrogen-bond acceptors (Lipinski definition) is 4. The molecule has 4 aromatic rings. The van der Waals surface area contributed by atoms with E-state index in [-0.39, 0.29) is 22.0 Å². The minimum Gasteiger partial charge on any atom is -0.478 e. The molecule has 0 aliphatic rings. The van der Waals surface area contributed by atoms with Crippen LogP contribution in [0.15, 0.2) is 60.8 Å². The number of aromatic carboxylic acids is 1. The Labute approximate surface area is 180 Å². The number of carboxylic acid groups (broad SMARTS) is 1. The Balaban J connectivity index is 1.66. The predicted molar refractivity (Wildman–Crippen MR) is 101 cm³/mol. The Hall–Kier alpha value is -4.16. The number of carbonyl (C=O) groups is 1. The number of halogens is 6. The number of carboxylic acids is 1. The fourth-order valence-electron chi connectivity index (χ4n) is 3.00. The second-order valence-corrected chi connectivity index (χ2v) is 6.77. The largest absolute Gasteiger partial charge is 0.478 e. The zero-order chi connectivity index (χ0) is 24.0. The minimum absolute atomic E-state index is 0.0457. The van der Waals surface area contributed by atoms with Crippen LogP contribution in [0.3, 0.4) is 0 Å². The lowest BCUT2D eigenvalue weighted by atomic mass is 10.1. The van der Waals surface area contributed by atoms with Gasteiger partial charge in [-0.2, -0.15) is 31.4 Å². The van der Waals surface area contributed by atoms with Crippen LogP contribution in [0.25, 0.3) is 22.6 Å². The summed E-state index contributed by atoms with van der Waals surface area (Å²) in [5.41, 5.74) is -2.26. The Morgan fingerprint density at radius 2 is 1.55 bits per heavy atom. The molecule has 1 N–H and O–H groups in total. The molecular formula is C20H11F6N5O2. The smallest absolute Gasteiger partial charge is 0.435 e. The molecule has 2 heterocycles. The van der Waals surface area contributed by atoms with Crippen molar-refractivity contribution >= 4 is 5.97 Å². The quantitative estimate of drug-likeness (QED) is 0.434. The predicted octanol–water partition coefficient (Wildman–Crippen LogP) is 4.86. The van der Waals surface area contributed by atoms with Gasteiger partial charge in [-0.1, -0.05) is 17.3 Å². The Bertz CT molecular complexity index is 1320. The zero-order valence-corrected chi connectivity index (χ0v) is 16.1. The maximum Gasteiger partial charge on any atom is 0.435 e. The molecule has 0 unspecified atom stereocenters. The van der Waals surface area contributed by atoms with Gasteiger partial charge in [0.25, 0.3) is 0 Å². The van der Waals surface area contributed by atoms with Crippen LogP contribution in [0.4, 0.5) is 26.3 Å². The van der Waals surface area contributed by atoms with Crippen molar-refractivity contribution in [2.75, 3.05) is 0 Å². The van der Waals surface area contributed by atoms with E-state index in [1.165, 1.54) is 41.2 Å². The van der Waals surface area contributed by atoms with Gasteiger partial charge in [0, 0.05) is 11.6 Å². The number of hydrogen-bond donors (Lipinski definition) is 1. The average Bonchev–Trinajstić information content (AvgIpc) is 3.41. The molecule has 2 aromatic carbocycles. The Morgan fingerprint density at radius 1 is 0.879 bits per heavy atom. The first-order valence-corrected chi connectivity index (χ1v) is 9.05. The maximum absolute atomic E-state index is 13.2. The van der Waals surface area contributed by atoms with E-state index >= 15 is 0 Å². The average molecular weight is 467 g/mol. The van der Waals surface area contributed by atoms with Crippen LogP contribution < -0.4 is 0 Å². The molecule has 7 nitrogen and oxygen atoms in total. The second kappa shape index (κ2) is 7.76. The molecule has 2 aromatic heterocycles. The highest BCUT2D eigenvalue weighted by molar-refractivity contribution is 5.89. The first kappa shape index (κ1) is 22.0. The van der Waals surface area contributed by atoms with Gasteiger partial charge in [-0.25, -0.2) is 14.2 Å². The summed E-state index contributed by atoms with van der Waals surface area (Å²) in [4.78, 5) is 11.1. The van der Waals surface area contributed by atoms with E-state index in [1.807, 2.05) is 0 Å². The standard InChI is InChI=1S/C20H11F6N5O2/c21-19(22,23)16-9-17(20(24,25)26)31(28-16)14-6-4-13(5-7-14)30-10-15(27-29-30)11-2-1-3-12(8-11)18(32)33/h1-10H,(H,32,33). The van der Waals surface area contributed by atoms with E-state index < -0.39 is 29.7 Å². The van der Waals surface area contributed by atoms with Gasteiger partial charge in [0.1, 0.15) is 11.4 Å². The summed E-state index contributed by atoms with van der Waals surface area (Å²) in [5, 5.41) is 20.0. The molecule has 0 fully saturated rings. The lowest BCUT2D eigenvalue weighted by Gasteiger charge is -2.10. The van der Waals surface area contributed by atoms with Crippen molar-refractivity contribution < 1.29 is 36.2 Å².